The number of hydrogen-bond acceptors (Lipinski definition) is 2. The first-order valence-electron chi connectivity index (χ1n) is 3.72. The summed E-state index contributed by atoms with van der Waals surface area (Å²) in [5.41, 5.74) is 2.28. The van der Waals surface area contributed by atoms with Crippen LogP contribution in [0.4, 0.5) is 0 Å². The van der Waals surface area contributed by atoms with Crippen LogP contribution < -0.4 is 0 Å². The van der Waals surface area contributed by atoms with Crippen LogP contribution in [0.3, 0.4) is 0 Å². The third-order valence-electron chi connectivity index (χ3n) is 1.98. The average molecular weight is 161 g/mol. The number of hydrogen-bond donors (Lipinski definition) is 1. The highest BCUT2D eigenvalue weighted by Gasteiger charge is 2.08. The molecule has 1 N–H and O–H groups in total. The Kier molecular flexibility index (Phi) is 1.37. The SMILES string of the molecule is [CH2]c1ccc2occ(C)c2c1O. The zero-order valence-electron chi connectivity index (χ0n) is 6.79. The maximum atomic E-state index is 9.61. The van der Waals surface area contributed by atoms with Crippen LogP contribution >= 0.6 is 0 Å². The Bertz CT molecular complexity index is 427. The zero-order chi connectivity index (χ0) is 8.72. The minimum Gasteiger partial charge on any atom is -0.507 e. The summed E-state index contributed by atoms with van der Waals surface area (Å²) in [7, 11) is 0. The second-order valence-electron chi connectivity index (χ2n) is 2.87. The highest BCUT2D eigenvalue weighted by molar-refractivity contribution is 5.88. The predicted octanol–water partition coefficient (Wildman–Crippen LogP) is 2.63. The first-order valence-corrected chi connectivity index (χ1v) is 3.72. The summed E-state index contributed by atoms with van der Waals surface area (Å²) in [6.07, 6.45) is 1.63. The number of aryl methyl sites for hydroxylation is 1. The number of rotatable bonds is 0. The van der Waals surface area contributed by atoms with Crippen LogP contribution in [0.25, 0.3) is 11.0 Å². The summed E-state index contributed by atoms with van der Waals surface area (Å²) >= 11 is 0. The van der Waals surface area contributed by atoms with Gasteiger partial charge < -0.3 is 9.52 Å². The molecule has 1 aromatic heterocycles. The molecule has 2 aromatic rings. The molecule has 0 unspecified atom stereocenters. The van der Waals surface area contributed by atoms with Crippen molar-refractivity contribution in [3.8, 4) is 5.75 Å². The molecule has 0 amide bonds. The van der Waals surface area contributed by atoms with E-state index in [1.54, 1.807) is 12.3 Å². The van der Waals surface area contributed by atoms with Gasteiger partial charge in [0.1, 0.15) is 11.3 Å². The van der Waals surface area contributed by atoms with Crippen LogP contribution in [0.2, 0.25) is 0 Å². The van der Waals surface area contributed by atoms with Gasteiger partial charge in [-0.05, 0) is 31.0 Å². The van der Waals surface area contributed by atoms with Crippen molar-refractivity contribution in [3.63, 3.8) is 0 Å². The molecule has 0 bridgehead atoms. The van der Waals surface area contributed by atoms with Crippen molar-refractivity contribution >= 4 is 11.0 Å². The Morgan fingerprint density at radius 1 is 1.42 bits per heavy atom. The third-order valence-corrected chi connectivity index (χ3v) is 1.98. The smallest absolute Gasteiger partial charge is 0.137 e. The lowest BCUT2D eigenvalue weighted by Gasteiger charge is -1.98. The molecule has 0 aliphatic carbocycles. The summed E-state index contributed by atoms with van der Waals surface area (Å²) in [6.45, 7) is 5.59. The maximum absolute atomic E-state index is 9.61. The van der Waals surface area contributed by atoms with Crippen molar-refractivity contribution < 1.29 is 9.52 Å². The van der Waals surface area contributed by atoms with Crippen molar-refractivity contribution in [1.29, 1.82) is 0 Å². The second kappa shape index (κ2) is 2.27. The summed E-state index contributed by atoms with van der Waals surface area (Å²) < 4.78 is 5.20. The summed E-state index contributed by atoms with van der Waals surface area (Å²) in [6, 6.07) is 3.55. The fourth-order valence-corrected chi connectivity index (χ4v) is 1.31. The molecule has 0 fully saturated rings. The van der Waals surface area contributed by atoms with Crippen LogP contribution in [0, 0.1) is 13.8 Å². The number of aromatic hydroxyl groups is 1. The van der Waals surface area contributed by atoms with Crippen LogP contribution in [0.1, 0.15) is 11.1 Å². The molecule has 2 rings (SSSR count). The lowest BCUT2D eigenvalue weighted by atomic mass is 10.1. The first-order chi connectivity index (χ1) is 5.70. The van der Waals surface area contributed by atoms with E-state index >= 15 is 0 Å². The van der Waals surface area contributed by atoms with Gasteiger partial charge in [0.15, 0.2) is 0 Å². The van der Waals surface area contributed by atoms with Gasteiger partial charge in [-0.25, -0.2) is 0 Å². The van der Waals surface area contributed by atoms with Gasteiger partial charge in [-0.15, -0.1) is 0 Å². The molecule has 2 heteroatoms. The van der Waals surface area contributed by atoms with Crippen molar-refractivity contribution in [2.24, 2.45) is 0 Å². The molecule has 0 aliphatic rings. The zero-order valence-corrected chi connectivity index (χ0v) is 6.79. The van der Waals surface area contributed by atoms with E-state index in [1.165, 1.54) is 0 Å². The van der Waals surface area contributed by atoms with Gasteiger partial charge >= 0.3 is 0 Å². The Balaban J connectivity index is 2.96. The van der Waals surface area contributed by atoms with Crippen molar-refractivity contribution in [3.05, 3.63) is 36.4 Å². The molecule has 12 heavy (non-hydrogen) atoms. The molecule has 1 radical (unpaired) electrons. The standard InChI is InChI=1S/C10H9O2/c1-6-3-4-8-9(10(6)11)7(2)5-12-8/h3-5,11H,1H2,2H3. The van der Waals surface area contributed by atoms with E-state index in [0.717, 1.165) is 10.9 Å². The molecule has 0 saturated carbocycles. The first kappa shape index (κ1) is 7.22. The second-order valence-corrected chi connectivity index (χ2v) is 2.87. The molecule has 0 saturated heterocycles. The van der Waals surface area contributed by atoms with E-state index in [4.69, 9.17) is 4.42 Å². The molecule has 1 aromatic carbocycles. The highest BCUT2D eigenvalue weighted by Crippen LogP contribution is 2.31. The number of benzene rings is 1. The molecule has 1 heterocycles. The van der Waals surface area contributed by atoms with Gasteiger partial charge in [0.05, 0.1) is 11.6 Å². The monoisotopic (exact) mass is 161 g/mol. The van der Waals surface area contributed by atoms with Gasteiger partial charge in [-0.3, -0.25) is 0 Å². The van der Waals surface area contributed by atoms with Crippen molar-refractivity contribution in [2.75, 3.05) is 0 Å². The largest absolute Gasteiger partial charge is 0.507 e. The quantitative estimate of drug-likeness (QED) is 0.644. The number of phenolic OH excluding ortho intramolecular Hbond substituents is 1. The maximum Gasteiger partial charge on any atom is 0.137 e. The molecule has 0 aliphatic heterocycles. The predicted molar refractivity (Wildman–Crippen MR) is 47.1 cm³/mol. The van der Waals surface area contributed by atoms with E-state index < -0.39 is 0 Å². The van der Waals surface area contributed by atoms with Crippen LogP contribution in [-0.4, -0.2) is 5.11 Å². The fourth-order valence-electron chi connectivity index (χ4n) is 1.31. The third kappa shape index (κ3) is 0.811. The van der Waals surface area contributed by atoms with Crippen LogP contribution in [-0.2, 0) is 0 Å². The van der Waals surface area contributed by atoms with E-state index in [-0.39, 0.29) is 5.75 Å². The van der Waals surface area contributed by atoms with E-state index in [9.17, 15) is 5.11 Å². The van der Waals surface area contributed by atoms with Crippen LogP contribution in [0.5, 0.6) is 5.75 Å². The fraction of sp³-hybridized carbons (Fsp3) is 0.100. The van der Waals surface area contributed by atoms with Gasteiger partial charge in [-0.2, -0.15) is 0 Å². The normalized spacial score (nSPS) is 10.8. The summed E-state index contributed by atoms with van der Waals surface area (Å²) in [5.74, 6) is 0.221. The molecule has 0 spiro atoms. The Morgan fingerprint density at radius 2 is 2.17 bits per heavy atom. The van der Waals surface area contributed by atoms with Crippen molar-refractivity contribution in [1.82, 2.24) is 0 Å². The highest BCUT2D eigenvalue weighted by atomic mass is 16.3. The molecule has 61 valence electrons. The molecule has 2 nitrogen and oxygen atoms in total. The Hall–Kier alpha value is -1.44. The van der Waals surface area contributed by atoms with Gasteiger partial charge in [0.25, 0.3) is 0 Å². The van der Waals surface area contributed by atoms with Gasteiger partial charge in [0, 0.05) is 0 Å². The minimum absolute atomic E-state index is 0.221. The Labute approximate surface area is 70.4 Å². The summed E-state index contributed by atoms with van der Waals surface area (Å²) in [5, 5.41) is 10.4. The van der Waals surface area contributed by atoms with Gasteiger partial charge in [0.2, 0.25) is 0 Å². The van der Waals surface area contributed by atoms with Crippen molar-refractivity contribution in [2.45, 2.75) is 6.92 Å². The lowest BCUT2D eigenvalue weighted by molar-refractivity contribution is 0.479. The molecular weight excluding hydrogens is 152 g/mol. The topological polar surface area (TPSA) is 33.4 Å². The number of fused-ring (bicyclic) bond motifs is 1. The van der Waals surface area contributed by atoms with Crippen LogP contribution in [0.15, 0.2) is 22.8 Å². The lowest BCUT2D eigenvalue weighted by Crippen LogP contribution is -1.75. The number of furan rings is 1. The van der Waals surface area contributed by atoms with E-state index in [2.05, 4.69) is 6.92 Å². The van der Waals surface area contributed by atoms with E-state index in [1.807, 2.05) is 13.0 Å². The average Bonchev–Trinajstić information content (AvgIpc) is 2.41. The molecule has 0 atom stereocenters. The number of phenols is 1. The van der Waals surface area contributed by atoms with E-state index in [0.29, 0.717) is 11.1 Å². The Morgan fingerprint density at radius 3 is 2.92 bits per heavy atom. The molecular formula is C10H9O2. The minimum atomic E-state index is 0.221. The van der Waals surface area contributed by atoms with Gasteiger partial charge in [-0.1, -0.05) is 6.07 Å². The summed E-state index contributed by atoms with van der Waals surface area (Å²) in [4.78, 5) is 0.